The minimum atomic E-state index is 0.214. The molecule has 0 saturated carbocycles. The van der Waals surface area contributed by atoms with Gasteiger partial charge in [-0.15, -0.1) is 0 Å². The van der Waals surface area contributed by atoms with E-state index in [0.29, 0.717) is 12.0 Å². The van der Waals surface area contributed by atoms with Crippen molar-refractivity contribution in [1.29, 1.82) is 0 Å². The summed E-state index contributed by atoms with van der Waals surface area (Å²) >= 11 is 0. The molecule has 0 aromatic rings. The summed E-state index contributed by atoms with van der Waals surface area (Å²) in [5.74, 6) is 0.609. The maximum absolute atomic E-state index is 11.6. The Bertz CT molecular complexity index is 291. The van der Waals surface area contributed by atoms with E-state index < -0.39 is 0 Å². The lowest BCUT2D eigenvalue weighted by Gasteiger charge is -2.22. The van der Waals surface area contributed by atoms with E-state index in [-0.39, 0.29) is 5.78 Å². The highest BCUT2D eigenvalue weighted by Crippen LogP contribution is 2.18. The molecule has 0 radical (unpaired) electrons. The quantitative estimate of drug-likeness (QED) is 0.497. The van der Waals surface area contributed by atoms with Crippen LogP contribution in [0.5, 0.6) is 0 Å². The average molecular weight is 251 g/mol. The van der Waals surface area contributed by atoms with Gasteiger partial charge in [0, 0.05) is 6.04 Å². The first kappa shape index (κ1) is 17.1. The van der Waals surface area contributed by atoms with Crippen LogP contribution in [0, 0.1) is 5.92 Å². The van der Waals surface area contributed by atoms with Crippen molar-refractivity contribution in [2.24, 2.45) is 5.92 Å². The molecule has 0 spiro atoms. The van der Waals surface area contributed by atoms with Crippen molar-refractivity contribution in [1.82, 2.24) is 5.32 Å². The number of carbonyl (C=O) groups excluding carboxylic acids is 1. The number of likely N-dealkylation sites (N-methyl/N-ethyl adjacent to an activating group) is 1. The SMILES string of the molecule is C/C=C\C(NCC)C(/C=C(\CCC)C(C)=O)CC. The second kappa shape index (κ2) is 10.1. The van der Waals surface area contributed by atoms with Gasteiger partial charge in [0.1, 0.15) is 0 Å². The van der Waals surface area contributed by atoms with Crippen LogP contribution in [0.1, 0.15) is 53.9 Å². The summed E-state index contributed by atoms with van der Waals surface area (Å²) in [6.07, 6.45) is 9.41. The Morgan fingerprint density at radius 3 is 2.33 bits per heavy atom. The molecule has 0 fully saturated rings. The molecular weight excluding hydrogens is 222 g/mol. The smallest absolute Gasteiger partial charge is 0.155 e. The predicted octanol–water partition coefficient (Wildman–Crippen LogP) is 3.88. The molecule has 0 bridgehead atoms. The topological polar surface area (TPSA) is 29.1 Å². The lowest BCUT2D eigenvalue weighted by molar-refractivity contribution is -0.113. The highest BCUT2D eigenvalue weighted by atomic mass is 16.1. The van der Waals surface area contributed by atoms with Crippen LogP contribution in [0.3, 0.4) is 0 Å². The van der Waals surface area contributed by atoms with E-state index in [1.807, 2.05) is 6.92 Å². The Hall–Kier alpha value is -0.890. The first-order valence-electron chi connectivity index (χ1n) is 7.18. The summed E-state index contributed by atoms with van der Waals surface area (Å²) < 4.78 is 0. The molecule has 0 aliphatic rings. The van der Waals surface area contributed by atoms with E-state index in [0.717, 1.165) is 31.4 Å². The van der Waals surface area contributed by atoms with Gasteiger partial charge in [0.15, 0.2) is 5.78 Å². The highest BCUT2D eigenvalue weighted by molar-refractivity contribution is 5.93. The predicted molar refractivity (Wildman–Crippen MR) is 79.7 cm³/mol. The summed E-state index contributed by atoms with van der Waals surface area (Å²) in [6.45, 7) is 11.1. The van der Waals surface area contributed by atoms with Crippen LogP contribution < -0.4 is 5.32 Å². The van der Waals surface area contributed by atoms with Crippen LogP contribution in [0.15, 0.2) is 23.8 Å². The third-order valence-electron chi connectivity index (χ3n) is 3.16. The third-order valence-corrected chi connectivity index (χ3v) is 3.16. The van der Waals surface area contributed by atoms with Gasteiger partial charge in [0.2, 0.25) is 0 Å². The first-order chi connectivity index (χ1) is 8.60. The fraction of sp³-hybridized carbons (Fsp3) is 0.688. The highest BCUT2D eigenvalue weighted by Gasteiger charge is 2.16. The van der Waals surface area contributed by atoms with Gasteiger partial charge in [-0.25, -0.2) is 0 Å². The van der Waals surface area contributed by atoms with E-state index in [4.69, 9.17) is 0 Å². The van der Waals surface area contributed by atoms with Gasteiger partial charge in [-0.3, -0.25) is 4.79 Å². The lowest BCUT2D eigenvalue weighted by Crippen LogP contribution is -2.33. The van der Waals surface area contributed by atoms with E-state index in [1.54, 1.807) is 6.92 Å². The second-order valence-corrected chi connectivity index (χ2v) is 4.68. The monoisotopic (exact) mass is 251 g/mol. The molecular formula is C16H29NO. The maximum Gasteiger partial charge on any atom is 0.155 e. The lowest BCUT2D eigenvalue weighted by atomic mass is 9.91. The van der Waals surface area contributed by atoms with Crippen molar-refractivity contribution >= 4 is 5.78 Å². The molecule has 0 rings (SSSR count). The number of allylic oxidation sites excluding steroid dienone is 2. The van der Waals surface area contributed by atoms with Crippen molar-refractivity contribution in [2.45, 2.75) is 59.9 Å². The molecule has 0 aromatic carbocycles. The van der Waals surface area contributed by atoms with Crippen molar-refractivity contribution in [3.63, 3.8) is 0 Å². The van der Waals surface area contributed by atoms with Crippen molar-refractivity contribution in [2.75, 3.05) is 6.54 Å². The van der Waals surface area contributed by atoms with Crippen LogP contribution in [0.2, 0.25) is 0 Å². The van der Waals surface area contributed by atoms with Crippen LogP contribution in [-0.4, -0.2) is 18.4 Å². The van der Waals surface area contributed by atoms with Gasteiger partial charge in [-0.2, -0.15) is 0 Å². The number of carbonyl (C=O) groups is 1. The van der Waals surface area contributed by atoms with Gasteiger partial charge >= 0.3 is 0 Å². The number of nitrogens with one attached hydrogen (secondary N) is 1. The summed E-state index contributed by atoms with van der Waals surface area (Å²) in [7, 11) is 0. The van der Waals surface area contributed by atoms with Gasteiger partial charge in [-0.05, 0) is 44.7 Å². The minimum Gasteiger partial charge on any atom is -0.310 e. The molecule has 0 amide bonds. The van der Waals surface area contributed by atoms with Crippen molar-refractivity contribution in [3.05, 3.63) is 23.8 Å². The standard InChI is InChI=1S/C16H29NO/c1-6-10-15(13(5)18)12-14(8-3)16(11-7-2)17-9-4/h7,11-12,14,16-17H,6,8-10H2,1-5H3/b11-7-,15-12+. The number of hydrogen-bond donors (Lipinski definition) is 1. The fourth-order valence-corrected chi connectivity index (χ4v) is 2.19. The van der Waals surface area contributed by atoms with E-state index >= 15 is 0 Å². The van der Waals surface area contributed by atoms with Gasteiger partial charge in [0.25, 0.3) is 0 Å². The molecule has 2 unspecified atom stereocenters. The summed E-state index contributed by atoms with van der Waals surface area (Å²) in [6, 6.07) is 0.330. The fourth-order valence-electron chi connectivity index (χ4n) is 2.19. The number of Topliss-reactive ketones (excluding diaryl/α,β-unsaturated/α-hetero) is 1. The van der Waals surface area contributed by atoms with E-state index in [2.05, 4.69) is 44.3 Å². The number of rotatable bonds is 9. The number of hydrogen-bond acceptors (Lipinski definition) is 2. The van der Waals surface area contributed by atoms with E-state index in [9.17, 15) is 4.79 Å². The normalized spacial score (nSPS) is 15.9. The zero-order valence-corrected chi connectivity index (χ0v) is 12.6. The molecule has 18 heavy (non-hydrogen) atoms. The molecule has 0 aromatic heterocycles. The van der Waals surface area contributed by atoms with E-state index in [1.165, 1.54) is 0 Å². The Morgan fingerprint density at radius 1 is 1.28 bits per heavy atom. The van der Waals surface area contributed by atoms with Crippen molar-refractivity contribution < 1.29 is 4.79 Å². The first-order valence-corrected chi connectivity index (χ1v) is 7.18. The zero-order chi connectivity index (χ0) is 14.0. The minimum absolute atomic E-state index is 0.214. The Labute approximate surface area is 113 Å². The van der Waals surface area contributed by atoms with Gasteiger partial charge < -0.3 is 5.32 Å². The van der Waals surface area contributed by atoms with Crippen molar-refractivity contribution in [3.8, 4) is 0 Å². The largest absolute Gasteiger partial charge is 0.310 e. The maximum atomic E-state index is 11.6. The van der Waals surface area contributed by atoms with Gasteiger partial charge in [-0.1, -0.05) is 45.4 Å². The summed E-state index contributed by atoms with van der Waals surface area (Å²) in [5.41, 5.74) is 0.983. The Kier molecular flexibility index (Phi) is 9.57. The molecule has 0 heterocycles. The van der Waals surface area contributed by atoms with Crippen LogP contribution >= 0.6 is 0 Å². The van der Waals surface area contributed by atoms with Crippen LogP contribution in [-0.2, 0) is 4.79 Å². The Morgan fingerprint density at radius 2 is 1.94 bits per heavy atom. The van der Waals surface area contributed by atoms with Gasteiger partial charge in [0.05, 0.1) is 0 Å². The van der Waals surface area contributed by atoms with Crippen LogP contribution in [0.25, 0.3) is 0 Å². The molecule has 0 saturated heterocycles. The van der Waals surface area contributed by atoms with Crippen LogP contribution in [0.4, 0.5) is 0 Å². The summed E-state index contributed by atoms with van der Waals surface area (Å²) in [5, 5.41) is 3.48. The second-order valence-electron chi connectivity index (χ2n) is 4.68. The number of ketones is 1. The molecule has 104 valence electrons. The molecule has 1 N–H and O–H groups in total. The third kappa shape index (κ3) is 6.15. The Balaban J connectivity index is 5.00. The molecule has 2 nitrogen and oxygen atoms in total. The zero-order valence-electron chi connectivity index (χ0n) is 12.6. The average Bonchev–Trinajstić information content (AvgIpc) is 2.34. The molecule has 0 aliphatic heterocycles. The molecule has 2 atom stereocenters. The summed E-state index contributed by atoms with van der Waals surface area (Å²) in [4.78, 5) is 11.6. The molecule has 2 heteroatoms. The molecule has 0 aliphatic carbocycles.